The second-order valence-electron chi connectivity index (χ2n) is 6.23. The fourth-order valence-corrected chi connectivity index (χ4v) is 2.05. The molecule has 0 aliphatic carbocycles. The molecule has 0 bridgehead atoms. The van der Waals surface area contributed by atoms with Gasteiger partial charge in [-0.1, -0.05) is 27.7 Å². The summed E-state index contributed by atoms with van der Waals surface area (Å²) >= 11 is 0. The quantitative estimate of drug-likeness (QED) is 0.829. The summed E-state index contributed by atoms with van der Waals surface area (Å²) in [7, 11) is 0. The molecule has 0 saturated carbocycles. The average molecular weight is 250 g/mol. The predicted octanol–water partition coefficient (Wildman–Crippen LogP) is 1.97. The van der Waals surface area contributed by atoms with Crippen LogP contribution < -0.4 is 0 Å². The molecule has 0 radical (unpaired) electrons. The van der Waals surface area contributed by atoms with Crippen molar-refractivity contribution in [1.29, 1.82) is 0 Å². The van der Waals surface area contributed by atoms with E-state index in [1.165, 1.54) is 0 Å². The largest absolute Gasteiger partial charge is 0.336 e. The van der Waals surface area contributed by atoms with Crippen LogP contribution >= 0.6 is 0 Å². The number of carbonyl (C=O) groups is 1. The summed E-state index contributed by atoms with van der Waals surface area (Å²) in [6.07, 6.45) is 2.14. The molecule has 1 aliphatic heterocycles. The van der Waals surface area contributed by atoms with Gasteiger partial charge in [0.05, 0.1) is 0 Å². The van der Waals surface area contributed by atoms with E-state index >= 15 is 0 Å². The smallest absolute Gasteiger partial charge is 0.293 e. The van der Waals surface area contributed by atoms with Crippen LogP contribution in [-0.2, 0) is 5.41 Å². The number of nitrogens with one attached hydrogen (secondary N) is 1. The molecule has 1 aromatic heterocycles. The maximum Gasteiger partial charge on any atom is 0.293 e. The van der Waals surface area contributed by atoms with Crippen LogP contribution in [0.25, 0.3) is 0 Å². The highest BCUT2D eigenvalue weighted by Gasteiger charge is 2.26. The van der Waals surface area contributed by atoms with Gasteiger partial charge in [0.25, 0.3) is 5.91 Å². The van der Waals surface area contributed by atoms with E-state index in [0.717, 1.165) is 31.8 Å². The van der Waals surface area contributed by atoms with Crippen molar-refractivity contribution >= 4 is 5.91 Å². The molecule has 5 heteroatoms. The second-order valence-corrected chi connectivity index (χ2v) is 6.23. The summed E-state index contributed by atoms with van der Waals surface area (Å²) in [5, 5.41) is 6.92. The number of nitrogens with zero attached hydrogens (tertiary/aromatic N) is 3. The Balaban J connectivity index is 2.07. The Morgan fingerprint density at radius 3 is 2.44 bits per heavy atom. The van der Waals surface area contributed by atoms with Crippen LogP contribution in [0.3, 0.4) is 0 Å². The fraction of sp³-hybridized carbons (Fsp3) is 0.769. The number of carbonyl (C=O) groups excluding carboxylic acids is 1. The molecule has 0 aromatic carbocycles. The first-order valence-corrected chi connectivity index (χ1v) is 6.60. The summed E-state index contributed by atoms with van der Waals surface area (Å²) in [5.74, 6) is 1.73. The minimum atomic E-state index is -0.109. The van der Waals surface area contributed by atoms with Gasteiger partial charge in [-0.25, -0.2) is 4.98 Å². The Morgan fingerprint density at radius 1 is 1.33 bits per heavy atom. The first kappa shape index (κ1) is 13.1. The highest BCUT2D eigenvalue weighted by molar-refractivity contribution is 5.90. The Kier molecular flexibility index (Phi) is 3.41. The van der Waals surface area contributed by atoms with E-state index in [4.69, 9.17) is 0 Å². The number of aromatic amines is 1. The summed E-state index contributed by atoms with van der Waals surface area (Å²) in [5.41, 5.74) is -0.109. The lowest BCUT2D eigenvalue weighted by Gasteiger charge is -2.29. The van der Waals surface area contributed by atoms with Crippen molar-refractivity contribution < 1.29 is 4.79 Å². The molecule has 1 saturated heterocycles. The number of rotatable bonds is 1. The number of likely N-dealkylation sites (tertiary alicyclic amines) is 1. The highest BCUT2D eigenvalue weighted by Crippen LogP contribution is 2.20. The molecule has 2 rings (SSSR count). The maximum atomic E-state index is 12.2. The van der Waals surface area contributed by atoms with Gasteiger partial charge in [0, 0.05) is 18.5 Å². The van der Waals surface area contributed by atoms with E-state index in [1.54, 1.807) is 0 Å². The lowest BCUT2D eigenvalue weighted by molar-refractivity contribution is 0.0685. The van der Waals surface area contributed by atoms with Crippen molar-refractivity contribution in [2.75, 3.05) is 13.1 Å². The van der Waals surface area contributed by atoms with Crippen molar-refractivity contribution in [3.05, 3.63) is 11.6 Å². The fourth-order valence-electron chi connectivity index (χ4n) is 2.05. The molecule has 0 spiro atoms. The monoisotopic (exact) mass is 250 g/mol. The molecular formula is C13H22N4O. The molecule has 100 valence electrons. The van der Waals surface area contributed by atoms with E-state index in [-0.39, 0.29) is 11.3 Å². The maximum absolute atomic E-state index is 12.2. The Morgan fingerprint density at radius 2 is 1.94 bits per heavy atom. The number of amides is 1. The third kappa shape index (κ3) is 2.71. The molecule has 2 heterocycles. The van der Waals surface area contributed by atoms with Gasteiger partial charge in [0.15, 0.2) is 0 Å². The van der Waals surface area contributed by atoms with Gasteiger partial charge in [0.2, 0.25) is 5.82 Å². The lowest BCUT2D eigenvalue weighted by Crippen LogP contribution is -2.38. The van der Waals surface area contributed by atoms with Crippen molar-refractivity contribution in [2.45, 2.75) is 46.0 Å². The normalized spacial score (nSPS) is 18.1. The lowest BCUT2D eigenvalue weighted by atomic mass is 9.96. The molecule has 1 aromatic rings. The molecule has 1 aliphatic rings. The number of hydrogen-bond donors (Lipinski definition) is 1. The van der Waals surface area contributed by atoms with Crippen molar-refractivity contribution in [3.63, 3.8) is 0 Å². The number of aromatic nitrogens is 3. The summed E-state index contributed by atoms with van der Waals surface area (Å²) in [4.78, 5) is 18.4. The number of piperidine rings is 1. The third-order valence-electron chi connectivity index (χ3n) is 3.46. The van der Waals surface area contributed by atoms with E-state index in [9.17, 15) is 4.79 Å². The molecule has 1 fully saturated rings. The van der Waals surface area contributed by atoms with Crippen LogP contribution in [0.4, 0.5) is 0 Å². The van der Waals surface area contributed by atoms with Gasteiger partial charge >= 0.3 is 0 Å². The van der Waals surface area contributed by atoms with E-state index in [0.29, 0.717) is 11.7 Å². The van der Waals surface area contributed by atoms with E-state index < -0.39 is 0 Å². The van der Waals surface area contributed by atoms with Crippen LogP contribution in [-0.4, -0.2) is 39.1 Å². The standard InChI is InChI=1S/C13H22N4O/c1-9-5-7-17(8-6-9)11(18)10-14-12(16-15-10)13(2,3)4/h9H,5-8H2,1-4H3,(H,14,15,16). The summed E-state index contributed by atoms with van der Waals surface area (Å²) in [6, 6.07) is 0. The van der Waals surface area contributed by atoms with Crippen LogP contribution in [0.5, 0.6) is 0 Å². The predicted molar refractivity (Wildman–Crippen MR) is 69.4 cm³/mol. The first-order chi connectivity index (χ1) is 8.38. The van der Waals surface area contributed by atoms with Crippen LogP contribution in [0.15, 0.2) is 0 Å². The zero-order valence-corrected chi connectivity index (χ0v) is 11.7. The van der Waals surface area contributed by atoms with Gasteiger partial charge in [-0.05, 0) is 18.8 Å². The summed E-state index contributed by atoms with van der Waals surface area (Å²) in [6.45, 7) is 10.0. The molecule has 1 N–H and O–H groups in total. The molecule has 0 unspecified atom stereocenters. The minimum Gasteiger partial charge on any atom is -0.336 e. The number of H-pyrrole nitrogens is 1. The zero-order chi connectivity index (χ0) is 13.3. The molecular weight excluding hydrogens is 228 g/mol. The molecule has 0 atom stereocenters. The van der Waals surface area contributed by atoms with Crippen LogP contribution in [0.1, 0.15) is 57.0 Å². The average Bonchev–Trinajstić information content (AvgIpc) is 2.78. The van der Waals surface area contributed by atoms with E-state index in [2.05, 4.69) is 22.1 Å². The van der Waals surface area contributed by atoms with Crippen LogP contribution in [0.2, 0.25) is 0 Å². The Labute approximate surface area is 108 Å². The van der Waals surface area contributed by atoms with Gasteiger partial charge in [-0.3, -0.25) is 9.89 Å². The molecule has 5 nitrogen and oxygen atoms in total. The Bertz CT molecular complexity index is 424. The van der Waals surface area contributed by atoms with Crippen LogP contribution in [0, 0.1) is 5.92 Å². The van der Waals surface area contributed by atoms with Gasteiger partial charge < -0.3 is 4.90 Å². The van der Waals surface area contributed by atoms with Crippen molar-refractivity contribution in [3.8, 4) is 0 Å². The van der Waals surface area contributed by atoms with Crippen molar-refractivity contribution in [2.24, 2.45) is 5.92 Å². The van der Waals surface area contributed by atoms with Gasteiger partial charge in [-0.2, -0.15) is 0 Å². The minimum absolute atomic E-state index is 0.0475. The molecule has 18 heavy (non-hydrogen) atoms. The summed E-state index contributed by atoms with van der Waals surface area (Å²) < 4.78 is 0. The topological polar surface area (TPSA) is 61.9 Å². The highest BCUT2D eigenvalue weighted by atomic mass is 16.2. The SMILES string of the molecule is CC1CCN(C(=O)c2n[nH]c(C(C)(C)C)n2)CC1. The second kappa shape index (κ2) is 4.71. The molecule has 1 amide bonds. The first-order valence-electron chi connectivity index (χ1n) is 6.60. The zero-order valence-electron chi connectivity index (χ0n) is 11.7. The third-order valence-corrected chi connectivity index (χ3v) is 3.46. The van der Waals surface area contributed by atoms with E-state index in [1.807, 2.05) is 25.7 Å². The van der Waals surface area contributed by atoms with Gasteiger partial charge in [-0.15, -0.1) is 5.10 Å². The Hall–Kier alpha value is -1.39. The van der Waals surface area contributed by atoms with Crippen molar-refractivity contribution in [1.82, 2.24) is 20.1 Å². The van der Waals surface area contributed by atoms with Gasteiger partial charge in [0.1, 0.15) is 5.82 Å². The number of hydrogen-bond acceptors (Lipinski definition) is 3.